The first-order chi connectivity index (χ1) is 9.26. The van der Waals surface area contributed by atoms with E-state index in [9.17, 15) is 9.18 Å². The molecule has 1 fully saturated rings. The molecule has 2 rings (SSSR count). The molecule has 3 nitrogen and oxygen atoms in total. The van der Waals surface area contributed by atoms with Crippen molar-refractivity contribution in [1.29, 1.82) is 0 Å². The molecule has 1 aliphatic heterocycles. The summed E-state index contributed by atoms with van der Waals surface area (Å²) in [6.07, 6.45) is 0.503. The van der Waals surface area contributed by atoms with E-state index in [2.05, 4.69) is 0 Å². The van der Waals surface area contributed by atoms with Gasteiger partial charge in [0.1, 0.15) is 11.4 Å². The lowest BCUT2D eigenvalue weighted by atomic mass is 9.98. The van der Waals surface area contributed by atoms with Gasteiger partial charge in [0.2, 0.25) is 0 Å². The van der Waals surface area contributed by atoms with E-state index >= 15 is 0 Å². The van der Waals surface area contributed by atoms with Crippen molar-refractivity contribution in [2.24, 2.45) is 0 Å². The Morgan fingerprint density at radius 1 is 1.45 bits per heavy atom. The van der Waals surface area contributed by atoms with Gasteiger partial charge in [0.25, 0.3) is 0 Å². The predicted molar refractivity (Wildman–Crippen MR) is 76.6 cm³/mol. The lowest BCUT2D eigenvalue weighted by Crippen LogP contribution is -2.35. The van der Waals surface area contributed by atoms with Gasteiger partial charge >= 0.3 is 6.09 Å². The van der Waals surface area contributed by atoms with Crippen molar-refractivity contribution < 1.29 is 13.9 Å². The number of halogens is 2. The van der Waals surface area contributed by atoms with Crippen molar-refractivity contribution in [3.63, 3.8) is 0 Å². The molecule has 110 valence electrons. The van der Waals surface area contributed by atoms with Crippen LogP contribution < -0.4 is 0 Å². The molecule has 0 radical (unpaired) electrons. The molecule has 0 aromatic heterocycles. The summed E-state index contributed by atoms with van der Waals surface area (Å²) in [5.74, 6) is -0.212. The molecule has 1 saturated heterocycles. The maximum Gasteiger partial charge on any atom is 0.410 e. The highest BCUT2D eigenvalue weighted by Crippen LogP contribution is 2.33. The zero-order chi connectivity index (χ0) is 14.9. The maximum atomic E-state index is 13.1. The third kappa shape index (κ3) is 3.63. The molecule has 5 heteroatoms. The molecular weight excluding hydrogens is 281 g/mol. The number of hydrogen-bond donors (Lipinski definition) is 0. The highest BCUT2D eigenvalue weighted by atomic mass is 35.5. The smallest absolute Gasteiger partial charge is 0.410 e. The average Bonchev–Trinajstić information content (AvgIpc) is 2.75. The van der Waals surface area contributed by atoms with Gasteiger partial charge < -0.3 is 9.64 Å². The molecule has 20 heavy (non-hydrogen) atoms. The first kappa shape index (κ1) is 15.1. The fourth-order valence-electron chi connectivity index (χ4n) is 2.34. The van der Waals surface area contributed by atoms with Crippen LogP contribution in [0.2, 0.25) is 5.02 Å². The molecule has 1 heterocycles. The molecule has 0 saturated carbocycles. The fourth-order valence-corrected chi connectivity index (χ4v) is 2.66. The van der Waals surface area contributed by atoms with Crippen molar-refractivity contribution in [2.75, 3.05) is 13.1 Å². The Balaban J connectivity index is 2.03. The van der Waals surface area contributed by atoms with Crippen LogP contribution >= 0.6 is 11.6 Å². The van der Waals surface area contributed by atoms with Gasteiger partial charge in [-0.2, -0.15) is 0 Å². The van der Waals surface area contributed by atoms with E-state index < -0.39 is 5.60 Å². The molecule has 1 aromatic carbocycles. The Bertz CT molecular complexity index is 513. The molecule has 1 aliphatic rings. The van der Waals surface area contributed by atoms with Gasteiger partial charge in [-0.05, 0) is 44.9 Å². The Morgan fingerprint density at radius 2 is 2.15 bits per heavy atom. The topological polar surface area (TPSA) is 29.5 Å². The molecule has 0 spiro atoms. The minimum atomic E-state index is -0.497. The van der Waals surface area contributed by atoms with Gasteiger partial charge in [0, 0.05) is 24.0 Å². The SMILES string of the molecule is CC(C)(C)OC(=O)N1CCC(c2ccc(F)cc2Cl)C1. The van der Waals surface area contributed by atoms with E-state index in [0.717, 1.165) is 12.0 Å². The Morgan fingerprint density at radius 3 is 2.75 bits per heavy atom. The van der Waals surface area contributed by atoms with E-state index in [-0.39, 0.29) is 17.8 Å². The summed E-state index contributed by atoms with van der Waals surface area (Å²) >= 11 is 6.07. The fraction of sp³-hybridized carbons (Fsp3) is 0.533. The zero-order valence-corrected chi connectivity index (χ0v) is 12.7. The van der Waals surface area contributed by atoms with E-state index in [1.165, 1.54) is 12.1 Å². The largest absolute Gasteiger partial charge is 0.444 e. The van der Waals surface area contributed by atoms with Crippen LogP contribution in [-0.2, 0) is 4.74 Å². The second kappa shape index (κ2) is 5.60. The summed E-state index contributed by atoms with van der Waals surface area (Å²) in [6.45, 7) is 6.72. The van der Waals surface area contributed by atoms with Crippen molar-refractivity contribution in [3.8, 4) is 0 Å². The molecule has 1 atom stereocenters. The number of hydrogen-bond acceptors (Lipinski definition) is 2. The van der Waals surface area contributed by atoms with Crippen LogP contribution in [0.4, 0.5) is 9.18 Å². The van der Waals surface area contributed by atoms with Gasteiger partial charge in [-0.1, -0.05) is 17.7 Å². The first-order valence-electron chi connectivity index (χ1n) is 6.69. The lowest BCUT2D eigenvalue weighted by Gasteiger charge is -2.24. The van der Waals surface area contributed by atoms with E-state index in [0.29, 0.717) is 18.1 Å². The zero-order valence-electron chi connectivity index (χ0n) is 12.0. The summed E-state index contributed by atoms with van der Waals surface area (Å²) in [6, 6.07) is 4.41. The Hall–Kier alpha value is -1.29. The number of likely N-dealkylation sites (tertiary alicyclic amines) is 1. The van der Waals surface area contributed by atoms with E-state index in [4.69, 9.17) is 16.3 Å². The quantitative estimate of drug-likeness (QED) is 0.777. The van der Waals surface area contributed by atoms with Crippen LogP contribution in [0.3, 0.4) is 0 Å². The minimum absolute atomic E-state index is 0.135. The van der Waals surface area contributed by atoms with Crippen LogP contribution in [0.1, 0.15) is 38.7 Å². The molecule has 1 aromatic rings. The van der Waals surface area contributed by atoms with E-state index in [1.807, 2.05) is 20.8 Å². The molecule has 1 amide bonds. The second-order valence-corrected chi connectivity index (χ2v) is 6.48. The summed E-state index contributed by atoms with van der Waals surface area (Å²) < 4.78 is 18.4. The third-order valence-electron chi connectivity index (χ3n) is 3.24. The van der Waals surface area contributed by atoms with Crippen molar-refractivity contribution >= 4 is 17.7 Å². The first-order valence-corrected chi connectivity index (χ1v) is 7.07. The number of rotatable bonds is 1. The Labute approximate surface area is 123 Å². The van der Waals surface area contributed by atoms with Gasteiger partial charge in [-0.15, -0.1) is 0 Å². The third-order valence-corrected chi connectivity index (χ3v) is 3.57. The maximum absolute atomic E-state index is 13.1. The van der Waals surface area contributed by atoms with E-state index in [1.54, 1.807) is 11.0 Å². The molecular formula is C15H19ClFNO2. The molecule has 0 N–H and O–H groups in total. The van der Waals surface area contributed by atoms with Gasteiger partial charge in [-0.25, -0.2) is 9.18 Å². The summed E-state index contributed by atoms with van der Waals surface area (Å²) in [5.41, 5.74) is 0.391. The van der Waals surface area contributed by atoms with Gasteiger partial charge in [-0.3, -0.25) is 0 Å². The molecule has 1 unspecified atom stereocenters. The number of carbonyl (C=O) groups excluding carboxylic acids is 1. The monoisotopic (exact) mass is 299 g/mol. The minimum Gasteiger partial charge on any atom is -0.444 e. The van der Waals surface area contributed by atoms with Gasteiger partial charge in [0.15, 0.2) is 0 Å². The van der Waals surface area contributed by atoms with Gasteiger partial charge in [0.05, 0.1) is 0 Å². The summed E-state index contributed by atoms with van der Waals surface area (Å²) in [5, 5.41) is 0.418. The number of ether oxygens (including phenoxy) is 1. The standard InChI is InChI=1S/C15H19ClFNO2/c1-15(2,3)20-14(19)18-7-6-10(9-18)12-5-4-11(17)8-13(12)16/h4-5,8,10H,6-7,9H2,1-3H3. The number of carbonyl (C=O) groups is 1. The van der Waals surface area contributed by atoms with Crippen molar-refractivity contribution in [1.82, 2.24) is 4.90 Å². The molecule has 0 aliphatic carbocycles. The lowest BCUT2D eigenvalue weighted by molar-refractivity contribution is 0.0292. The Kier molecular flexibility index (Phi) is 4.23. The van der Waals surface area contributed by atoms with Crippen molar-refractivity contribution in [3.05, 3.63) is 34.6 Å². The number of amides is 1. The second-order valence-electron chi connectivity index (χ2n) is 6.08. The van der Waals surface area contributed by atoms with Crippen LogP contribution in [0.5, 0.6) is 0 Å². The highest BCUT2D eigenvalue weighted by Gasteiger charge is 2.31. The average molecular weight is 300 g/mol. The summed E-state index contributed by atoms with van der Waals surface area (Å²) in [4.78, 5) is 13.7. The van der Waals surface area contributed by atoms with Crippen LogP contribution in [0.15, 0.2) is 18.2 Å². The van der Waals surface area contributed by atoms with Crippen LogP contribution in [0.25, 0.3) is 0 Å². The number of benzene rings is 1. The highest BCUT2D eigenvalue weighted by molar-refractivity contribution is 6.31. The molecule has 0 bridgehead atoms. The normalized spacial score (nSPS) is 19.2. The van der Waals surface area contributed by atoms with Crippen LogP contribution in [0, 0.1) is 5.82 Å². The summed E-state index contributed by atoms with van der Waals surface area (Å²) in [7, 11) is 0. The van der Waals surface area contributed by atoms with Crippen LogP contribution in [-0.4, -0.2) is 29.7 Å². The number of nitrogens with zero attached hydrogens (tertiary/aromatic N) is 1. The predicted octanol–water partition coefficient (Wildman–Crippen LogP) is 4.20. The van der Waals surface area contributed by atoms with Crippen molar-refractivity contribution in [2.45, 2.75) is 38.7 Å².